The highest BCUT2D eigenvalue weighted by Crippen LogP contribution is 2.31. The number of nitrogens with one attached hydrogen (secondary N) is 1. The molecule has 2 aromatic rings. The highest BCUT2D eigenvalue weighted by Gasteiger charge is 2.37. The Balaban J connectivity index is 1.39. The number of thioether (sulfide) groups is 1. The highest BCUT2D eigenvalue weighted by molar-refractivity contribution is 8.26. The Morgan fingerprint density at radius 2 is 1.87 bits per heavy atom. The van der Waals surface area contributed by atoms with Crippen LogP contribution in [0.4, 0.5) is 5.69 Å². The molecule has 31 heavy (non-hydrogen) atoms. The number of hydrogen-bond donors (Lipinski definition) is 1. The number of rotatable bonds is 3. The molecule has 0 spiro atoms. The van der Waals surface area contributed by atoms with Gasteiger partial charge in [-0.15, -0.1) is 5.10 Å². The molecular weight excluding hydrogens is 420 g/mol. The number of amides is 1. The van der Waals surface area contributed by atoms with Gasteiger partial charge in [-0.3, -0.25) is 20.3 Å². The Morgan fingerprint density at radius 3 is 2.58 bits per heavy atom. The number of fused-ring (bicyclic) bond motifs is 1. The lowest BCUT2D eigenvalue weighted by atomic mass is 10.1. The van der Waals surface area contributed by atoms with Gasteiger partial charge in [-0.1, -0.05) is 0 Å². The second-order valence-electron chi connectivity index (χ2n) is 7.10. The van der Waals surface area contributed by atoms with Crippen LogP contribution in [0.25, 0.3) is 17.4 Å². The van der Waals surface area contributed by atoms with Crippen LogP contribution < -0.4 is 0 Å². The van der Waals surface area contributed by atoms with E-state index in [2.05, 4.69) is 15.0 Å². The summed E-state index contributed by atoms with van der Waals surface area (Å²) in [7, 11) is 0. The monoisotopic (exact) mass is 436 g/mol. The zero-order valence-electron chi connectivity index (χ0n) is 16.1. The normalized spacial score (nSPS) is 19.7. The van der Waals surface area contributed by atoms with Gasteiger partial charge in [0.2, 0.25) is 5.17 Å². The van der Waals surface area contributed by atoms with Crippen LogP contribution in [0, 0.1) is 15.5 Å². The predicted molar refractivity (Wildman–Crippen MR) is 117 cm³/mol. The molecule has 0 aliphatic carbocycles. The molecular formula is C20H16N6O4S. The lowest BCUT2D eigenvalue weighted by molar-refractivity contribution is -0.384. The van der Waals surface area contributed by atoms with Crippen LogP contribution in [-0.4, -0.2) is 50.0 Å². The maximum atomic E-state index is 12.6. The number of likely N-dealkylation sites (tertiary alicyclic amines) is 1. The summed E-state index contributed by atoms with van der Waals surface area (Å²) in [4.78, 5) is 29.1. The summed E-state index contributed by atoms with van der Waals surface area (Å²) >= 11 is 1.30. The molecule has 10 nitrogen and oxygen atoms in total. The van der Waals surface area contributed by atoms with Gasteiger partial charge < -0.3 is 9.32 Å². The average Bonchev–Trinajstić information content (AvgIpc) is 3.51. The largest absolute Gasteiger partial charge is 0.457 e. The molecule has 156 valence electrons. The number of amidine groups is 3. The number of nitro groups is 1. The molecule has 1 N–H and O–H groups in total. The van der Waals surface area contributed by atoms with E-state index in [0.29, 0.717) is 22.3 Å². The number of hydrazone groups is 1. The van der Waals surface area contributed by atoms with Crippen LogP contribution >= 0.6 is 11.8 Å². The van der Waals surface area contributed by atoms with Crippen molar-refractivity contribution in [2.24, 2.45) is 10.1 Å². The predicted octanol–water partition coefficient (Wildman–Crippen LogP) is 3.53. The summed E-state index contributed by atoms with van der Waals surface area (Å²) in [5.74, 6) is 0.294. The maximum absolute atomic E-state index is 12.6. The first kappa shape index (κ1) is 19.2. The standard InChI is InChI=1S/C20H16N6O4S/c21-17-15(18(27)22-19-25(17)23-20(31-19)24-9-1-2-10-24)11-14-7-8-16(30-14)12-3-5-13(6-4-12)26(28)29/h3-8,11,21H,1-2,9-10H2/b15-11-,21-17?. The molecule has 1 aromatic carbocycles. The van der Waals surface area contributed by atoms with Gasteiger partial charge in [0.15, 0.2) is 11.0 Å². The van der Waals surface area contributed by atoms with E-state index in [0.717, 1.165) is 31.1 Å². The van der Waals surface area contributed by atoms with Crippen molar-refractivity contribution in [3.05, 3.63) is 57.8 Å². The Labute approximate surface area is 180 Å². The molecule has 5 rings (SSSR count). The number of carbonyl (C=O) groups excluding carboxylic acids is 1. The molecule has 0 radical (unpaired) electrons. The Kier molecular flexibility index (Phi) is 4.66. The van der Waals surface area contributed by atoms with Crippen LogP contribution in [0.2, 0.25) is 0 Å². The topological polar surface area (TPSA) is 128 Å². The minimum absolute atomic E-state index is 0.00935. The average molecular weight is 436 g/mol. The first-order valence-corrected chi connectivity index (χ1v) is 10.4. The van der Waals surface area contributed by atoms with Crippen LogP contribution in [0.1, 0.15) is 18.6 Å². The van der Waals surface area contributed by atoms with Gasteiger partial charge in [0.1, 0.15) is 11.5 Å². The van der Waals surface area contributed by atoms with E-state index >= 15 is 0 Å². The second-order valence-corrected chi connectivity index (χ2v) is 8.04. The molecule has 0 saturated carbocycles. The van der Waals surface area contributed by atoms with Gasteiger partial charge in [-0.2, -0.15) is 10.0 Å². The summed E-state index contributed by atoms with van der Waals surface area (Å²) in [6, 6.07) is 9.35. The van der Waals surface area contributed by atoms with E-state index in [1.54, 1.807) is 24.3 Å². The minimum Gasteiger partial charge on any atom is -0.457 e. The van der Waals surface area contributed by atoms with Crippen molar-refractivity contribution in [2.45, 2.75) is 12.8 Å². The smallest absolute Gasteiger partial charge is 0.283 e. The van der Waals surface area contributed by atoms with E-state index < -0.39 is 10.8 Å². The SMILES string of the molecule is N=C1/C(=C/c2ccc(-c3ccc([N+](=O)[O-])cc3)o2)C(=O)N=C2SC(N3CCCC3)=NN12. The molecule has 3 aliphatic rings. The van der Waals surface area contributed by atoms with E-state index in [9.17, 15) is 14.9 Å². The van der Waals surface area contributed by atoms with Crippen LogP contribution in [0.5, 0.6) is 0 Å². The highest BCUT2D eigenvalue weighted by atomic mass is 32.2. The van der Waals surface area contributed by atoms with Crippen molar-refractivity contribution >= 4 is 45.6 Å². The molecule has 4 heterocycles. The van der Waals surface area contributed by atoms with E-state index in [1.165, 1.54) is 35.0 Å². The Bertz CT molecular complexity index is 1190. The fraction of sp³-hybridized carbons (Fsp3) is 0.200. The van der Waals surface area contributed by atoms with Gasteiger partial charge in [0.05, 0.1) is 10.5 Å². The number of carbonyl (C=O) groups is 1. The van der Waals surface area contributed by atoms with Crippen LogP contribution in [0.15, 0.2) is 56.5 Å². The molecule has 1 amide bonds. The van der Waals surface area contributed by atoms with Gasteiger partial charge in [-0.25, -0.2) is 0 Å². The second kappa shape index (κ2) is 7.51. The van der Waals surface area contributed by atoms with Crippen molar-refractivity contribution in [1.29, 1.82) is 5.41 Å². The fourth-order valence-corrected chi connectivity index (χ4v) is 4.44. The Morgan fingerprint density at radius 1 is 1.13 bits per heavy atom. The van der Waals surface area contributed by atoms with E-state index in [4.69, 9.17) is 9.83 Å². The molecule has 0 atom stereocenters. The minimum atomic E-state index is -0.519. The quantitative estimate of drug-likeness (QED) is 0.443. The summed E-state index contributed by atoms with van der Waals surface area (Å²) < 4.78 is 5.77. The number of aliphatic imine (C=N–C) groups is 1. The molecule has 3 aliphatic heterocycles. The lowest BCUT2D eigenvalue weighted by Gasteiger charge is -2.19. The molecule has 1 fully saturated rings. The van der Waals surface area contributed by atoms with E-state index in [1.807, 2.05) is 0 Å². The zero-order chi connectivity index (χ0) is 21.5. The number of hydrogen-bond acceptors (Lipinski definition) is 8. The summed E-state index contributed by atoms with van der Waals surface area (Å²) in [5, 5.41) is 26.3. The molecule has 1 saturated heterocycles. The third kappa shape index (κ3) is 3.52. The number of non-ortho nitro benzene ring substituents is 1. The third-order valence-electron chi connectivity index (χ3n) is 5.10. The number of nitrogens with zero attached hydrogens (tertiary/aromatic N) is 5. The van der Waals surface area contributed by atoms with Crippen LogP contribution in [-0.2, 0) is 4.79 Å². The summed E-state index contributed by atoms with van der Waals surface area (Å²) in [6.07, 6.45) is 3.67. The first-order chi connectivity index (χ1) is 15.0. The molecule has 11 heteroatoms. The molecule has 1 aromatic heterocycles. The number of benzene rings is 1. The third-order valence-corrected chi connectivity index (χ3v) is 6.07. The molecule has 0 unspecified atom stereocenters. The van der Waals surface area contributed by atoms with Crippen molar-refractivity contribution in [2.75, 3.05) is 13.1 Å². The summed E-state index contributed by atoms with van der Waals surface area (Å²) in [5.41, 5.74) is 0.738. The van der Waals surface area contributed by atoms with Crippen molar-refractivity contribution in [1.82, 2.24) is 9.91 Å². The fourth-order valence-electron chi connectivity index (χ4n) is 3.49. The van der Waals surface area contributed by atoms with Crippen LogP contribution in [0.3, 0.4) is 0 Å². The number of furan rings is 1. The summed E-state index contributed by atoms with van der Waals surface area (Å²) in [6.45, 7) is 1.82. The Hall–Kier alpha value is -3.73. The van der Waals surface area contributed by atoms with Gasteiger partial charge in [-0.05, 0) is 54.9 Å². The lowest BCUT2D eigenvalue weighted by Crippen LogP contribution is -2.35. The zero-order valence-corrected chi connectivity index (χ0v) is 17.0. The van der Waals surface area contributed by atoms with Crippen molar-refractivity contribution in [3.8, 4) is 11.3 Å². The van der Waals surface area contributed by atoms with Crippen molar-refractivity contribution < 1.29 is 14.1 Å². The van der Waals surface area contributed by atoms with Gasteiger partial charge in [0.25, 0.3) is 11.6 Å². The number of nitro benzene ring substituents is 1. The first-order valence-electron chi connectivity index (χ1n) is 9.59. The molecule has 0 bridgehead atoms. The van der Waals surface area contributed by atoms with Gasteiger partial charge in [0, 0.05) is 30.8 Å². The van der Waals surface area contributed by atoms with Gasteiger partial charge >= 0.3 is 0 Å². The van der Waals surface area contributed by atoms with E-state index in [-0.39, 0.29) is 17.1 Å². The van der Waals surface area contributed by atoms with Crippen molar-refractivity contribution in [3.63, 3.8) is 0 Å². The maximum Gasteiger partial charge on any atom is 0.283 e.